The standard InChI is InChI=1S/C11H11ClN4O2/c1-2-17-7-5-3-4-6-8(7)18-11-15-9(12)14-10(13)16-11/h3-6H,2H2,1H3,(H2,13,14,15,16). The number of para-hydroxylation sites is 2. The molecule has 0 bridgehead atoms. The number of nitrogen functional groups attached to an aromatic ring is 1. The first-order valence-corrected chi connectivity index (χ1v) is 5.63. The average molecular weight is 267 g/mol. The van der Waals surface area contributed by atoms with E-state index < -0.39 is 0 Å². The average Bonchev–Trinajstić information content (AvgIpc) is 2.30. The first kappa shape index (κ1) is 12.4. The third-order valence-corrected chi connectivity index (χ3v) is 2.12. The van der Waals surface area contributed by atoms with Crippen LogP contribution < -0.4 is 15.2 Å². The molecule has 0 aliphatic heterocycles. The zero-order valence-corrected chi connectivity index (χ0v) is 10.4. The minimum atomic E-state index is -0.0219. The van der Waals surface area contributed by atoms with Gasteiger partial charge in [0.2, 0.25) is 11.2 Å². The quantitative estimate of drug-likeness (QED) is 0.914. The van der Waals surface area contributed by atoms with Gasteiger partial charge >= 0.3 is 6.01 Å². The molecule has 1 aromatic carbocycles. The van der Waals surface area contributed by atoms with Crippen molar-refractivity contribution in [2.45, 2.75) is 6.92 Å². The Morgan fingerprint density at radius 2 is 1.89 bits per heavy atom. The van der Waals surface area contributed by atoms with Gasteiger partial charge in [0.05, 0.1) is 6.61 Å². The van der Waals surface area contributed by atoms with E-state index in [9.17, 15) is 0 Å². The molecule has 1 aromatic heterocycles. The number of nitrogens with zero attached hydrogens (tertiary/aromatic N) is 3. The molecular formula is C11H11ClN4O2. The molecule has 7 heteroatoms. The topological polar surface area (TPSA) is 83.2 Å². The number of hydrogen-bond donors (Lipinski definition) is 1. The van der Waals surface area contributed by atoms with Gasteiger partial charge in [-0.25, -0.2) is 0 Å². The van der Waals surface area contributed by atoms with E-state index in [1.165, 1.54) is 0 Å². The number of aromatic nitrogens is 3. The lowest BCUT2D eigenvalue weighted by molar-refractivity contribution is 0.317. The van der Waals surface area contributed by atoms with Crippen LogP contribution in [0.25, 0.3) is 0 Å². The number of hydrogen-bond acceptors (Lipinski definition) is 6. The van der Waals surface area contributed by atoms with Crippen LogP contribution in [-0.4, -0.2) is 21.6 Å². The highest BCUT2D eigenvalue weighted by atomic mass is 35.5. The lowest BCUT2D eigenvalue weighted by Gasteiger charge is -2.09. The van der Waals surface area contributed by atoms with Crippen LogP contribution in [-0.2, 0) is 0 Å². The van der Waals surface area contributed by atoms with Crippen molar-refractivity contribution >= 4 is 17.5 Å². The Kier molecular flexibility index (Phi) is 3.78. The lowest BCUT2D eigenvalue weighted by atomic mass is 10.3. The lowest BCUT2D eigenvalue weighted by Crippen LogP contribution is -2.01. The minimum absolute atomic E-state index is 0.00103. The summed E-state index contributed by atoms with van der Waals surface area (Å²) in [7, 11) is 0. The number of nitrogens with two attached hydrogens (primary N) is 1. The second-order valence-corrected chi connectivity index (χ2v) is 3.57. The van der Waals surface area contributed by atoms with Gasteiger partial charge in [-0.1, -0.05) is 12.1 Å². The summed E-state index contributed by atoms with van der Waals surface area (Å²) in [6.45, 7) is 2.41. The van der Waals surface area contributed by atoms with Crippen LogP contribution in [0.5, 0.6) is 17.5 Å². The molecule has 0 atom stereocenters. The van der Waals surface area contributed by atoms with E-state index in [-0.39, 0.29) is 17.2 Å². The largest absolute Gasteiger partial charge is 0.490 e. The maximum Gasteiger partial charge on any atom is 0.328 e. The molecule has 0 saturated heterocycles. The molecule has 94 valence electrons. The first-order chi connectivity index (χ1) is 8.69. The molecule has 0 unspecified atom stereocenters. The van der Waals surface area contributed by atoms with Crippen molar-refractivity contribution in [3.63, 3.8) is 0 Å². The van der Waals surface area contributed by atoms with Crippen molar-refractivity contribution in [2.75, 3.05) is 12.3 Å². The monoisotopic (exact) mass is 266 g/mol. The Labute approximate surface area is 109 Å². The van der Waals surface area contributed by atoms with E-state index in [1.807, 2.05) is 19.1 Å². The third kappa shape index (κ3) is 2.98. The smallest absolute Gasteiger partial charge is 0.328 e. The summed E-state index contributed by atoms with van der Waals surface area (Å²) in [6, 6.07) is 7.19. The highest BCUT2D eigenvalue weighted by molar-refractivity contribution is 6.28. The first-order valence-electron chi connectivity index (χ1n) is 5.25. The van der Waals surface area contributed by atoms with Crippen molar-refractivity contribution in [1.82, 2.24) is 15.0 Å². The van der Waals surface area contributed by atoms with E-state index in [2.05, 4.69) is 15.0 Å². The van der Waals surface area contributed by atoms with Gasteiger partial charge in [-0.2, -0.15) is 15.0 Å². The van der Waals surface area contributed by atoms with E-state index in [1.54, 1.807) is 12.1 Å². The summed E-state index contributed by atoms with van der Waals surface area (Å²) in [5.41, 5.74) is 5.45. The Balaban J connectivity index is 2.27. The number of rotatable bonds is 4. The number of anilines is 1. The fourth-order valence-electron chi connectivity index (χ4n) is 1.30. The molecule has 0 amide bonds. The third-order valence-electron chi connectivity index (χ3n) is 1.96. The van der Waals surface area contributed by atoms with E-state index >= 15 is 0 Å². The van der Waals surface area contributed by atoms with E-state index in [4.69, 9.17) is 26.8 Å². The zero-order chi connectivity index (χ0) is 13.0. The summed E-state index contributed by atoms with van der Waals surface area (Å²) < 4.78 is 10.9. The predicted molar refractivity (Wildman–Crippen MR) is 66.9 cm³/mol. The zero-order valence-electron chi connectivity index (χ0n) is 9.63. The van der Waals surface area contributed by atoms with Crippen molar-refractivity contribution in [1.29, 1.82) is 0 Å². The van der Waals surface area contributed by atoms with Gasteiger partial charge in [-0.3, -0.25) is 0 Å². The molecule has 0 radical (unpaired) electrons. The van der Waals surface area contributed by atoms with Gasteiger partial charge in [-0.15, -0.1) is 0 Å². The molecule has 1 heterocycles. The maximum absolute atomic E-state index is 5.66. The molecule has 2 N–H and O–H groups in total. The molecule has 0 aliphatic rings. The Morgan fingerprint density at radius 1 is 1.17 bits per heavy atom. The highest BCUT2D eigenvalue weighted by Crippen LogP contribution is 2.29. The van der Waals surface area contributed by atoms with Gasteiger partial charge in [0.1, 0.15) is 0 Å². The summed E-state index contributed by atoms with van der Waals surface area (Å²) in [5, 5.41) is -0.0219. The normalized spacial score (nSPS) is 10.1. The second-order valence-electron chi connectivity index (χ2n) is 3.23. The molecule has 2 aromatic rings. The molecule has 0 saturated carbocycles. The Hall–Kier alpha value is -2.08. The van der Waals surface area contributed by atoms with Crippen LogP contribution in [0.4, 0.5) is 5.95 Å². The summed E-state index contributed by atoms with van der Waals surface area (Å²) in [6.07, 6.45) is 0. The Bertz CT molecular complexity index is 530. The van der Waals surface area contributed by atoms with E-state index in [0.717, 1.165) is 0 Å². The van der Waals surface area contributed by atoms with Crippen LogP contribution in [0.15, 0.2) is 24.3 Å². The molecule has 0 aliphatic carbocycles. The van der Waals surface area contributed by atoms with Crippen molar-refractivity contribution in [3.8, 4) is 17.5 Å². The van der Waals surface area contributed by atoms with Crippen LogP contribution in [0, 0.1) is 0 Å². The van der Waals surface area contributed by atoms with Crippen LogP contribution in [0.2, 0.25) is 5.28 Å². The maximum atomic E-state index is 5.66. The van der Waals surface area contributed by atoms with Crippen LogP contribution in [0.1, 0.15) is 6.92 Å². The van der Waals surface area contributed by atoms with Crippen molar-refractivity contribution < 1.29 is 9.47 Å². The van der Waals surface area contributed by atoms with Crippen molar-refractivity contribution in [2.24, 2.45) is 0 Å². The predicted octanol–water partition coefficient (Wildman–Crippen LogP) is 2.30. The highest BCUT2D eigenvalue weighted by Gasteiger charge is 2.09. The summed E-state index contributed by atoms with van der Waals surface area (Å²) in [5.74, 6) is 1.08. The SMILES string of the molecule is CCOc1ccccc1Oc1nc(N)nc(Cl)n1. The van der Waals surface area contributed by atoms with Crippen LogP contribution >= 0.6 is 11.6 Å². The fourth-order valence-corrected chi connectivity index (χ4v) is 1.46. The number of ether oxygens (including phenoxy) is 2. The molecule has 18 heavy (non-hydrogen) atoms. The van der Waals surface area contributed by atoms with Gasteiger partial charge in [-0.05, 0) is 30.7 Å². The number of halogens is 1. The molecule has 6 nitrogen and oxygen atoms in total. The Morgan fingerprint density at radius 3 is 2.56 bits per heavy atom. The van der Waals surface area contributed by atoms with E-state index in [0.29, 0.717) is 18.1 Å². The molecule has 0 fully saturated rings. The van der Waals surface area contributed by atoms with Gasteiger partial charge in [0.25, 0.3) is 0 Å². The second kappa shape index (κ2) is 5.50. The molecule has 0 spiro atoms. The summed E-state index contributed by atoms with van der Waals surface area (Å²) >= 11 is 5.66. The number of benzene rings is 1. The molecular weight excluding hydrogens is 256 g/mol. The summed E-state index contributed by atoms with van der Waals surface area (Å²) in [4.78, 5) is 11.3. The van der Waals surface area contributed by atoms with Gasteiger partial charge in [0, 0.05) is 0 Å². The minimum Gasteiger partial charge on any atom is -0.490 e. The van der Waals surface area contributed by atoms with Gasteiger partial charge < -0.3 is 15.2 Å². The molecule has 2 rings (SSSR count). The van der Waals surface area contributed by atoms with Crippen molar-refractivity contribution in [3.05, 3.63) is 29.5 Å². The van der Waals surface area contributed by atoms with Crippen LogP contribution in [0.3, 0.4) is 0 Å². The van der Waals surface area contributed by atoms with Gasteiger partial charge in [0.15, 0.2) is 11.5 Å². The fraction of sp³-hybridized carbons (Fsp3) is 0.182.